The Kier molecular flexibility index (Phi) is 5.31. The number of carbonyl (C=O) groups excluding carboxylic acids is 1. The molecular weight excluding hydrogens is 266 g/mol. The molecule has 0 radical (unpaired) electrons. The summed E-state index contributed by atoms with van der Waals surface area (Å²) in [6.07, 6.45) is 5.17. The molecule has 0 aliphatic heterocycles. The number of hydrogen-bond donors (Lipinski definition) is 2. The molecule has 2 heterocycles. The Morgan fingerprint density at radius 1 is 1.29 bits per heavy atom. The van der Waals surface area contributed by atoms with E-state index in [4.69, 9.17) is 0 Å². The molecule has 21 heavy (non-hydrogen) atoms. The van der Waals surface area contributed by atoms with Crippen LogP contribution in [0.3, 0.4) is 0 Å². The molecule has 2 N–H and O–H groups in total. The van der Waals surface area contributed by atoms with Crippen LogP contribution in [0, 0.1) is 0 Å². The van der Waals surface area contributed by atoms with Gasteiger partial charge in [0.15, 0.2) is 0 Å². The van der Waals surface area contributed by atoms with Crippen molar-refractivity contribution in [3.8, 4) is 0 Å². The molecule has 0 bridgehead atoms. The third-order valence-electron chi connectivity index (χ3n) is 3.18. The van der Waals surface area contributed by atoms with Gasteiger partial charge in [0.2, 0.25) is 0 Å². The van der Waals surface area contributed by atoms with E-state index in [9.17, 15) is 4.79 Å². The standard InChI is InChI=1S/C15H21N5O/c1-3-8-16-14-13(5-4-9-17-14)15(21)18-10-6-12-7-11-19-20(12)2/h4-5,7,9,11H,3,6,8,10H2,1-2H3,(H,16,17)(H,18,21). The summed E-state index contributed by atoms with van der Waals surface area (Å²) in [6.45, 7) is 3.44. The summed E-state index contributed by atoms with van der Waals surface area (Å²) in [6, 6.07) is 5.50. The van der Waals surface area contributed by atoms with E-state index in [0.717, 1.165) is 25.1 Å². The fourth-order valence-electron chi connectivity index (χ4n) is 2.02. The molecule has 2 rings (SSSR count). The van der Waals surface area contributed by atoms with E-state index in [0.29, 0.717) is 17.9 Å². The predicted octanol–water partition coefficient (Wildman–Crippen LogP) is 1.61. The summed E-state index contributed by atoms with van der Waals surface area (Å²) in [5.74, 6) is 0.529. The molecule has 0 fully saturated rings. The van der Waals surface area contributed by atoms with Crippen LogP contribution in [0.5, 0.6) is 0 Å². The maximum absolute atomic E-state index is 12.2. The van der Waals surface area contributed by atoms with Crippen LogP contribution in [0.4, 0.5) is 5.82 Å². The molecule has 2 aromatic heterocycles. The minimum Gasteiger partial charge on any atom is -0.369 e. The van der Waals surface area contributed by atoms with Crippen molar-refractivity contribution < 1.29 is 4.79 Å². The van der Waals surface area contributed by atoms with Gasteiger partial charge in [0.05, 0.1) is 5.56 Å². The van der Waals surface area contributed by atoms with Gasteiger partial charge >= 0.3 is 0 Å². The third kappa shape index (κ3) is 4.05. The average Bonchev–Trinajstić information content (AvgIpc) is 2.91. The van der Waals surface area contributed by atoms with Crippen molar-refractivity contribution in [2.75, 3.05) is 18.4 Å². The van der Waals surface area contributed by atoms with E-state index in [2.05, 4.69) is 27.6 Å². The second-order valence-electron chi connectivity index (χ2n) is 4.78. The van der Waals surface area contributed by atoms with Gasteiger partial charge in [-0.3, -0.25) is 9.48 Å². The first kappa shape index (κ1) is 15.0. The van der Waals surface area contributed by atoms with E-state index in [1.807, 2.05) is 17.8 Å². The smallest absolute Gasteiger partial charge is 0.255 e. The summed E-state index contributed by atoms with van der Waals surface area (Å²) in [5, 5.41) is 10.2. The number of aromatic nitrogens is 3. The zero-order valence-electron chi connectivity index (χ0n) is 12.5. The zero-order chi connectivity index (χ0) is 15.1. The second-order valence-corrected chi connectivity index (χ2v) is 4.78. The van der Waals surface area contributed by atoms with E-state index in [-0.39, 0.29) is 5.91 Å². The van der Waals surface area contributed by atoms with Crippen LogP contribution in [0.1, 0.15) is 29.4 Å². The zero-order valence-corrected chi connectivity index (χ0v) is 12.5. The molecular formula is C15H21N5O. The van der Waals surface area contributed by atoms with E-state index < -0.39 is 0 Å². The molecule has 6 heteroatoms. The number of carbonyl (C=O) groups is 1. The molecule has 0 unspecified atom stereocenters. The number of nitrogens with one attached hydrogen (secondary N) is 2. The van der Waals surface area contributed by atoms with Crippen molar-refractivity contribution in [3.05, 3.63) is 41.9 Å². The van der Waals surface area contributed by atoms with Gasteiger partial charge in [-0.25, -0.2) is 4.98 Å². The van der Waals surface area contributed by atoms with Crippen molar-refractivity contribution in [1.29, 1.82) is 0 Å². The number of nitrogens with zero attached hydrogens (tertiary/aromatic N) is 3. The van der Waals surface area contributed by atoms with Gasteiger partial charge in [-0.05, 0) is 24.6 Å². The van der Waals surface area contributed by atoms with Gasteiger partial charge in [-0.15, -0.1) is 0 Å². The van der Waals surface area contributed by atoms with Crippen LogP contribution >= 0.6 is 0 Å². The summed E-state index contributed by atoms with van der Waals surface area (Å²) in [7, 11) is 1.89. The van der Waals surface area contributed by atoms with Crippen molar-refractivity contribution in [2.45, 2.75) is 19.8 Å². The minimum absolute atomic E-state index is 0.108. The number of aryl methyl sites for hydroxylation is 1. The number of hydrogen-bond acceptors (Lipinski definition) is 4. The van der Waals surface area contributed by atoms with Crippen molar-refractivity contribution in [1.82, 2.24) is 20.1 Å². The van der Waals surface area contributed by atoms with Gasteiger partial charge in [-0.2, -0.15) is 5.10 Å². The van der Waals surface area contributed by atoms with E-state index in [1.165, 1.54) is 0 Å². The first-order chi connectivity index (χ1) is 10.2. The molecule has 2 aromatic rings. The Hall–Kier alpha value is -2.37. The number of pyridine rings is 1. The molecule has 0 saturated carbocycles. The predicted molar refractivity (Wildman–Crippen MR) is 82.3 cm³/mol. The summed E-state index contributed by atoms with van der Waals surface area (Å²) in [4.78, 5) is 16.5. The Labute approximate surface area is 124 Å². The second kappa shape index (κ2) is 7.42. The van der Waals surface area contributed by atoms with Gasteiger partial charge in [0.1, 0.15) is 5.82 Å². The van der Waals surface area contributed by atoms with Crippen molar-refractivity contribution in [3.63, 3.8) is 0 Å². The lowest BCUT2D eigenvalue weighted by molar-refractivity contribution is 0.0954. The maximum atomic E-state index is 12.2. The molecule has 0 saturated heterocycles. The molecule has 0 aliphatic rings. The molecule has 6 nitrogen and oxygen atoms in total. The lowest BCUT2D eigenvalue weighted by atomic mass is 10.2. The highest BCUT2D eigenvalue weighted by Crippen LogP contribution is 2.11. The van der Waals surface area contributed by atoms with Crippen LogP contribution in [0.15, 0.2) is 30.6 Å². The van der Waals surface area contributed by atoms with Crippen molar-refractivity contribution >= 4 is 11.7 Å². The largest absolute Gasteiger partial charge is 0.369 e. The van der Waals surface area contributed by atoms with E-state index >= 15 is 0 Å². The third-order valence-corrected chi connectivity index (χ3v) is 3.18. The molecule has 0 atom stereocenters. The highest BCUT2D eigenvalue weighted by atomic mass is 16.1. The number of rotatable bonds is 7. The molecule has 1 amide bonds. The molecule has 0 aliphatic carbocycles. The number of amides is 1. The minimum atomic E-state index is -0.108. The van der Waals surface area contributed by atoms with Gasteiger partial charge < -0.3 is 10.6 Å². The average molecular weight is 287 g/mol. The van der Waals surface area contributed by atoms with E-state index in [1.54, 1.807) is 24.5 Å². The van der Waals surface area contributed by atoms with Gasteiger partial charge in [-0.1, -0.05) is 6.92 Å². The van der Waals surface area contributed by atoms with Gasteiger partial charge in [0, 0.05) is 44.6 Å². The lowest BCUT2D eigenvalue weighted by Gasteiger charge is -2.10. The quantitative estimate of drug-likeness (QED) is 0.811. The van der Waals surface area contributed by atoms with Crippen LogP contribution < -0.4 is 10.6 Å². The molecule has 112 valence electrons. The van der Waals surface area contributed by atoms with Crippen LogP contribution in [0.25, 0.3) is 0 Å². The van der Waals surface area contributed by atoms with Crippen LogP contribution in [-0.4, -0.2) is 33.8 Å². The lowest BCUT2D eigenvalue weighted by Crippen LogP contribution is -2.27. The number of anilines is 1. The first-order valence-corrected chi connectivity index (χ1v) is 7.16. The van der Waals surface area contributed by atoms with Gasteiger partial charge in [0.25, 0.3) is 5.91 Å². The molecule has 0 spiro atoms. The maximum Gasteiger partial charge on any atom is 0.255 e. The highest BCUT2D eigenvalue weighted by molar-refractivity contribution is 5.98. The fourth-order valence-corrected chi connectivity index (χ4v) is 2.02. The highest BCUT2D eigenvalue weighted by Gasteiger charge is 2.11. The monoisotopic (exact) mass is 287 g/mol. The Morgan fingerprint density at radius 3 is 2.86 bits per heavy atom. The Morgan fingerprint density at radius 2 is 2.14 bits per heavy atom. The summed E-state index contributed by atoms with van der Waals surface area (Å²) >= 11 is 0. The topological polar surface area (TPSA) is 71.8 Å². The SMILES string of the molecule is CCCNc1ncccc1C(=O)NCCc1ccnn1C. The fraction of sp³-hybridized carbons (Fsp3) is 0.400. The summed E-state index contributed by atoms with van der Waals surface area (Å²) < 4.78 is 1.81. The summed E-state index contributed by atoms with van der Waals surface area (Å²) in [5.41, 5.74) is 1.67. The molecule has 0 aromatic carbocycles. The normalized spacial score (nSPS) is 10.4. The van der Waals surface area contributed by atoms with Crippen LogP contribution in [0.2, 0.25) is 0 Å². The Bertz CT molecular complexity index is 593. The Balaban J connectivity index is 1.92. The first-order valence-electron chi connectivity index (χ1n) is 7.16. The van der Waals surface area contributed by atoms with Crippen LogP contribution in [-0.2, 0) is 13.5 Å². The van der Waals surface area contributed by atoms with Crippen molar-refractivity contribution in [2.24, 2.45) is 7.05 Å².